The molecule has 0 atom stereocenters. The molecule has 1 aliphatic rings. The van der Waals surface area contributed by atoms with Crippen molar-refractivity contribution in [2.45, 2.75) is 19.8 Å². The highest BCUT2D eigenvalue weighted by Crippen LogP contribution is 2.30. The second-order valence-corrected chi connectivity index (χ2v) is 7.02. The molecule has 29 heavy (non-hydrogen) atoms. The average molecular weight is 388 g/mol. The first-order chi connectivity index (χ1) is 14.0. The summed E-state index contributed by atoms with van der Waals surface area (Å²) < 4.78 is 1.54. The third-order valence-electron chi connectivity index (χ3n) is 4.67. The predicted molar refractivity (Wildman–Crippen MR) is 109 cm³/mol. The lowest BCUT2D eigenvalue weighted by atomic mass is 10.1. The molecule has 146 valence electrons. The maximum atomic E-state index is 12.7. The molecule has 1 aliphatic carbocycles. The van der Waals surface area contributed by atoms with Gasteiger partial charge in [0.25, 0.3) is 5.91 Å². The van der Waals surface area contributed by atoms with Crippen molar-refractivity contribution in [3.8, 4) is 5.69 Å². The van der Waals surface area contributed by atoms with Crippen molar-refractivity contribution in [3.63, 3.8) is 0 Å². The second-order valence-electron chi connectivity index (χ2n) is 7.02. The largest absolute Gasteiger partial charge is 0.321 e. The molecule has 0 bridgehead atoms. The van der Waals surface area contributed by atoms with Gasteiger partial charge < -0.3 is 10.6 Å². The van der Waals surface area contributed by atoms with Gasteiger partial charge in [-0.25, -0.2) is 4.68 Å². The Bertz CT molecular complexity index is 1080. The molecule has 1 aromatic heterocycles. The number of aromatic nitrogens is 2. The molecule has 1 saturated carbocycles. The number of carbonyl (C=O) groups is 3. The fourth-order valence-electron chi connectivity index (χ4n) is 2.93. The fraction of sp³-hybridized carbons (Fsp3) is 0.182. The van der Waals surface area contributed by atoms with Crippen LogP contribution >= 0.6 is 0 Å². The maximum Gasteiger partial charge on any atom is 0.276 e. The summed E-state index contributed by atoms with van der Waals surface area (Å²) in [6.45, 7) is 1.47. The minimum atomic E-state index is -0.428. The normalized spacial score (nSPS) is 13.0. The summed E-state index contributed by atoms with van der Waals surface area (Å²) in [5, 5.41) is 10.0. The van der Waals surface area contributed by atoms with Crippen LogP contribution in [0.1, 0.15) is 40.6 Å². The maximum absolute atomic E-state index is 12.7. The van der Waals surface area contributed by atoms with Crippen LogP contribution in [0.15, 0.2) is 60.7 Å². The minimum absolute atomic E-state index is 0.0284. The highest BCUT2D eigenvalue weighted by molar-refractivity contribution is 6.05. The monoisotopic (exact) mass is 388 g/mol. The van der Waals surface area contributed by atoms with Gasteiger partial charge in [-0.1, -0.05) is 30.3 Å². The number of carbonyl (C=O) groups excluding carboxylic acids is 3. The van der Waals surface area contributed by atoms with Crippen molar-refractivity contribution in [3.05, 3.63) is 71.9 Å². The third-order valence-corrected chi connectivity index (χ3v) is 4.67. The number of Topliss-reactive ketones (excluding diaryl/α,β-unsaturated/α-hetero) is 1. The van der Waals surface area contributed by atoms with E-state index >= 15 is 0 Å². The van der Waals surface area contributed by atoms with E-state index in [1.54, 1.807) is 35.0 Å². The summed E-state index contributed by atoms with van der Waals surface area (Å²) in [6, 6.07) is 17.5. The zero-order valence-electron chi connectivity index (χ0n) is 15.9. The van der Waals surface area contributed by atoms with E-state index in [9.17, 15) is 14.4 Å². The molecule has 0 saturated heterocycles. The van der Waals surface area contributed by atoms with Gasteiger partial charge in [0.15, 0.2) is 11.5 Å². The van der Waals surface area contributed by atoms with E-state index in [0.717, 1.165) is 18.5 Å². The van der Waals surface area contributed by atoms with E-state index in [1.165, 1.54) is 6.92 Å². The van der Waals surface area contributed by atoms with Gasteiger partial charge in [-0.15, -0.1) is 0 Å². The van der Waals surface area contributed by atoms with Crippen LogP contribution in [0.3, 0.4) is 0 Å². The predicted octanol–water partition coefficient (Wildman–Crippen LogP) is 3.68. The Morgan fingerprint density at radius 3 is 2.41 bits per heavy atom. The molecule has 1 fully saturated rings. The van der Waals surface area contributed by atoms with Gasteiger partial charge in [0.1, 0.15) is 5.82 Å². The number of ketones is 1. The molecule has 7 nitrogen and oxygen atoms in total. The zero-order valence-corrected chi connectivity index (χ0v) is 15.9. The van der Waals surface area contributed by atoms with Crippen LogP contribution in [0.5, 0.6) is 0 Å². The molecular weight excluding hydrogens is 368 g/mol. The Morgan fingerprint density at radius 1 is 0.966 bits per heavy atom. The van der Waals surface area contributed by atoms with Gasteiger partial charge in [0.05, 0.1) is 5.69 Å². The number of hydrogen-bond donors (Lipinski definition) is 2. The first kappa shape index (κ1) is 18.6. The Hall–Kier alpha value is -3.74. The summed E-state index contributed by atoms with van der Waals surface area (Å²) in [4.78, 5) is 36.5. The molecule has 0 radical (unpaired) electrons. The first-order valence-electron chi connectivity index (χ1n) is 9.40. The van der Waals surface area contributed by atoms with E-state index in [2.05, 4.69) is 15.7 Å². The number of rotatable bonds is 6. The topological polar surface area (TPSA) is 93.1 Å². The number of nitrogens with one attached hydrogen (secondary N) is 2. The summed E-state index contributed by atoms with van der Waals surface area (Å²) in [5.41, 5.74) is 1.90. The van der Waals surface area contributed by atoms with Gasteiger partial charge >= 0.3 is 0 Å². The van der Waals surface area contributed by atoms with Crippen LogP contribution in [0.4, 0.5) is 11.5 Å². The molecule has 1 heterocycles. The summed E-state index contributed by atoms with van der Waals surface area (Å²) in [7, 11) is 0. The van der Waals surface area contributed by atoms with E-state index in [1.807, 2.05) is 30.3 Å². The lowest BCUT2D eigenvalue weighted by molar-refractivity contribution is -0.117. The smallest absolute Gasteiger partial charge is 0.276 e. The Balaban J connectivity index is 1.62. The van der Waals surface area contributed by atoms with Crippen molar-refractivity contribution in [1.82, 2.24) is 9.78 Å². The minimum Gasteiger partial charge on any atom is -0.321 e. The Morgan fingerprint density at radius 2 is 1.72 bits per heavy atom. The molecule has 0 spiro atoms. The van der Waals surface area contributed by atoms with Crippen LogP contribution in [0, 0.1) is 5.92 Å². The summed E-state index contributed by atoms with van der Waals surface area (Å²) in [6.07, 6.45) is 1.76. The van der Waals surface area contributed by atoms with Crippen LogP contribution in [-0.4, -0.2) is 27.4 Å². The number of amides is 2. The van der Waals surface area contributed by atoms with Crippen LogP contribution < -0.4 is 10.6 Å². The molecule has 0 aliphatic heterocycles. The number of para-hydroxylation sites is 1. The lowest BCUT2D eigenvalue weighted by Gasteiger charge is -2.08. The van der Waals surface area contributed by atoms with Crippen LogP contribution in [0.25, 0.3) is 5.69 Å². The van der Waals surface area contributed by atoms with Crippen molar-refractivity contribution in [1.29, 1.82) is 0 Å². The number of benzene rings is 2. The van der Waals surface area contributed by atoms with Gasteiger partial charge in [-0.2, -0.15) is 5.10 Å². The standard InChI is InChI=1S/C22H20N4O3/c1-14(27)16-6-5-7-17(12-16)23-22(29)19-13-20(24-21(28)15-10-11-15)26(25-19)18-8-3-2-4-9-18/h2-9,12-13,15H,10-11H2,1H3,(H,23,29)(H,24,28). The molecule has 0 unspecified atom stereocenters. The lowest BCUT2D eigenvalue weighted by Crippen LogP contribution is -2.16. The average Bonchev–Trinajstić information content (AvgIpc) is 3.49. The number of hydrogen-bond acceptors (Lipinski definition) is 4. The molecule has 2 aromatic carbocycles. The van der Waals surface area contributed by atoms with Crippen molar-refractivity contribution in [2.75, 3.05) is 10.6 Å². The highest BCUT2D eigenvalue weighted by atomic mass is 16.2. The fourth-order valence-corrected chi connectivity index (χ4v) is 2.93. The van der Waals surface area contributed by atoms with E-state index in [4.69, 9.17) is 0 Å². The molecule has 4 rings (SSSR count). The molecular formula is C22H20N4O3. The van der Waals surface area contributed by atoms with Gasteiger partial charge in [-0.3, -0.25) is 14.4 Å². The SMILES string of the molecule is CC(=O)c1cccc(NC(=O)c2cc(NC(=O)C3CC3)n(-c3ccccc3)n2)c1. The van der Waals surface area contributed by atoms with Crippen molar-refractivity contribution >= 4 is 29.1 Å². The van der Waals surface area contributed by atoms with E-state index < -0.39 is 5.91 Å². The zero-order chi connectivity index (χ0) is 20.4. The van der Waals surface area contributed by atoms with E-state index in [0.29, 0.717) is 17.1 Å². The molecule has 2 N–H and O–H groups in total. The van der Waals surface area contributed by atoms with Gasteiger partial charge in [0, 0.05) is 23.2 Å². The van der Waals surface area contributed by atoms with Gasteiger partial charge in [-0.05, 0) is 44.0 Å². The Labute approximate surface area is 167 Å². The third kappa shape index (κ3) is 4.24. The van der Waals surface area contributed by atoms with Crippen molar-refractivity contribution < 1.29 is 14.4 Å². The quantitative estimate of drug-likeness (QED) is 0.630. The summed E-state index contributed by atoms with van der Waals surface area (Å²) in [5.74, 6) is -0.110. The molecule has 7 heteroatoms. The first-order valence-corrected chi connectivity index (χ1v) is 9.40. The van der Waals surface area contributed by atoms with E-state index in [-0.39, 0.29) is 23.3 Å². The number of nitrogens with zero attached hydrogens (tertiary/aromatic N) is 2. The summed E-state index contributed by atoms with van der Waals surface area (Å²) >= 11 is 0. The molecule has 2 amide bonds. The van der Waals surface area contributed by atoms with Crippen LogP contribution in [0.2, 0.25) is 0 Å². The van der Waals surface area contributed by atoms with Crippen LogP contribution in [-0.2, 0) is 4.79 Å². The molecule has 3 aromatic rings. The number of anilines is 2. The van der Waals surface area contributed by atoms with Crippen molar-refractivity contribution in [2.24, 2.45) is 5.92 Å². The Kier molecular flexibility index (Phi) is 4.95. The van der Waals surface area contributed by atoms with Gasteiger partial charge in [0.2, 0.25) is 5.91 Å². The second kappa shape index (κ2) is 7.71. The highest BCUT2D eigenvalue weighted by Gasteiger charge is 2.30.